The van der Waals surface area contributed by atoms with Gasteiger partial charge in [-0.25, -0.2) is 0 Å². The first kappa shape index (κ1) is 10.0. The molecule has 0 atom stereocenters. The van der Waals surface area contributed by atoms with Crippen LogP contribution in [0.1, 0.15) is 20.8 Å². The van der Waals surface area contributed by atoms with Crippen molar-refractivity contribution in [3.05, 3.63) is 36.2 Å². The van der Waals surface area contributed by atoms with Crippen molar-refractivity contribution in [1.82, 2.24) is 4.90 Å². The maximum Gasteiger partial charge on any atom is 0.0106 e. The van der Waals surface area contributed by atoms with Gasteiger partial charge >= 0.3 is 0 Å². The monoisotopic (exact) mass is 151 g/mol. The maximum atomic E-state index is 3.64. The molecule has 0 spiro atoms. The van der Waals surface area contributed by atoms with Crippen LogP contribution in [-0.4, -0.2) is 11.9 Å². The van der Waals surface area contributed by atoms with E-state index in [1.165, 1.54) is 11.1 Å². The van der Waals surface area contributed by atoms with Crippen LogP contribution >= 0.6 is 0 Å². The van der Waals surface area contributed by atoms with Crippen molar-refractivity contribution in [3.63, 3.8) is 0 Å². The summed E-state index contributed by atoms with van der Waals surface area (Å²) >= 11 is 0. The minimum Gasteiger partial charge on any atom is -0.358 e. The van der Waals surface area contributed by atoms with Gasteiger partial charge in [0.1, 0.15) is 0 Å². The van der Waals surface area contributed by atoms with Crippen molar-refractivity contribution < 1.29 is 0 Å². The minimum atomic E-state index is 1.30. The van der Waals surface area contributed by atoms with Crippen LogP contribution in [0.15, 0.2) is 36.2 Å². The van der Waals surface area contributed by atoms with E-state index in [1.807, 2.05) is 18.1 Å². The molecule has 0 aromatic rings. The molecule has 0 radical (unpaired) electrons. The lowest BCUT2D eigenvalue weighted by Gasteiger charge is -2.05. The molecular formula is C10H17N. The first-order valence-corrected chi connectivity index (χ1v) is 3.74. The molecule has 0 aliphatic rings. The van der Waals surface area contributed by atoms with Crippen LogP contribution in [0, 0.1) is 0 Å². The highest BCUT2D eigenvalue weighted by Crippen LogP contribution is 2.03. The van der Waals surface area contributed by atoms with E-state index in [2.05, 4.69) is 33.4 Å². The Morgan fingerprint density at radius 1 is 1.27 bits per heavy atom. The van der Waals surface area contributed by atoms with Crippen LogP contribution < -0.4 is 0 Å². The summed E-state index contributed by atoms with van der Waals surface area (Å²) in [5.74, 6) is 0. The Labute approximate surface area is 69.7 Å². The summed E-state index contributed by atoms with van der Waals surface area (Å²) in [7, 11) is 1.96. The summed E-state index contributed by atoms with van der Waals surface area (Å²) in [6, 6.07) is 0. The summed E-state index contributed by atoms with van der Waals surface area (Å²) in [6.45, 7) is 9.95. The molecule has 0 amide bonds. The van der Waals surface area contributed by atoms with E-state index in [1.54, 1.807) is 6.20 Å². The van der Waals surface area contributed by atoms with Crippen molar-refractivity contribution in [1.29, 1.82) is 0 Å². The van der Waals surface area contributed by atoms with Crippen LogP contribution in [0.2, 0.25) is 0 Å². The van der Waals surface area contributed by atoms with Crippen molar-refractivity contribution >= 4 is 0 Å². The van der Waals surface area contributed by atoms with Gasteiger partial charge in [0.15, 0.2) is 0 Å². The fraction of sp³-hybridized carbons (Fsp3) is 0.400. The molecule has 1 heteroatoms. The van der Waals surface area contributed by atoms with Gasteiger partial charge in [0.25, 0.3) is 0 Å². The molecule has 0 unspecified atom stereocenters. The lowest BCUT2D eigenvalue weighted by atomic mass is 10.2. The molecule has 0 fully saturated rings. The van der Waals surface area contributed by atoms with Crippen LogP contribution in [0.3, 0.4) is 0 Å². The fourth-order valence-electron chi connectivity index (χ4n) is 0.457. The van der Waals surface area contributed by atoms with Crippen molar-refractivity contribution in [2.24, 2.45) is 0 Å². The highest BCUT2D eigenvalue weighted by atomic mass is 15.0. The highest BCUT2D eigenvalue weighted by Gasteiger charge is 1.85. The predicted molar refractivity (Wildman–Crippen MR) is 51.1 cm³/mol. The second kappa shape index (κ2) is 4.78. The number of rotatable bonds is 3. The second-order valence-electron chi connectivity index (χ2n) is 2.85. The van der Waals surface area contributed by atoms with E-state index in [4.69, 9.17) is 0 Å². The molecule has 1 nitrogen and oxygen atoms in total. The molecule has 0 rings (SSSR count). The molecule has 0 aliphatic heterocycles. The first-order chi connectivity index (χ1) is 5.07. The molecule has 0 saturated carbocycles. The Kier molecular flexibility index (Phi) is 4.35. The van der Waals surface area contributed by atoms with Gasteiger partial charge < -0.3 is 4.90 Å². The predicted octanol–water partition coefficient (Wildman–Crippen LogP) is 2.93. The van der Waals surface area contributed by atoms with E-state index in [9.17, 15) is 0 Å². The quantitative estimate of drug-likeness (QED) is 0.560. The SMILES string of the molecule is C=CN(C)/C=C\C(C)=C(C)C. The smallest absolute Gasteiger partial charge is 0.0106 e. The number of allylic oxidation sites excluding steroid dienone is 3. The molecule has 0 aliphatic carbocycles. The van der Waals surface area contributed by atoms with Crippen LogP contribution in [0.5, 0.6) is 0 Å². The Balaban J connectivity index is 4.14. The van der Waals surface area contributed by atoms with Gasteiger partial charge in [0, 0.05) is 13.2 Å². The zero-order valence-corrected chi connectivity index (χ0v) is 7.89. The molecule has 0 bridgehead atoms. The summed E-state index contributed by atoms with van der Waals surface area (Å²) in [4.78, 5) is 1.92. The zero-order valence-electron chi connectivity index (χ0n) is 7.89. The van der Waals surface area contributed by atoms with Crippen LogP contribution in [-0.2, 0) is 0 Å². The van der Waals surface area contributed by atoms with Gasteiger partial charge in [0.2, 0.25) is 0 Å². The molecule has 0 heterocycles. The minimum absolute atomic E-state index is 1.30. The average Bonchev–Trinajstić information content (AvgIpc) is 1.99. The van der Waals surface area contributed by atoms with Crippen LogP contribution in [0.25, 0.3) is 0 Å². The van der Waals surface area contributed by atoms with Gasteiger partial charge in [-0.3, -0.25) is 0 Å². The number of hydrogen-bond acceptors (Lipinski definition) is 1. The molecule has 0 saturated heterocycles. The molecule has 0 aromatic carbocycles. The largest absolute Gasteiger partial charge is 0.358 e. The fourth-order valence-corrected chi connectivity index (χ4v) is 0.457. The van der Waals surface area contributed by atoms with Crippen molar-refractivity contribution in [3.8, 4) is 0 Å². The summed E-state index contributed by atoms with van der Waals surface area (Å²) in [6.07, 6.45) is 5.85. The molecule has 0 aromatic heterocycles. The average molecular weight is 151 g/mol. The Bertz CT molecular complexity index is 183. The Morgan fingerprint density at radius 3 is 2.18 bits per heavy atom. The van der Waals surface area contributed by atoms with Gasteiger partial charge in [-0.05, 0) is 33.0 Å². The topological polar surface area (TPSA) is 3.24 Å². The number of nitrogens with zero attached hydrogens (tertiary/aromatic N) is 1. The van der Waals surface area contributed by atoms with E-state index in [0.717, 1.165) is 0 Å². The van der Waals surface area contributed by atoms with Gasteiger partial charge in [-0.15, -0.1) is 0 Å². The normalized spacial score (nSPS) is 9.82. The Morgan fingerprint density at radius 2 is 1.82 bits per heavy atom. The lowest BCUT2D eigenvalue weighted by molar-refractivity contribution is 0.627. The van der Waals surface area contributed by atoms with Gasteiger partial charge in [-0.2, -0.15) is 0 Å². The van der Waals surface area contributed by atoms with E-state index in [-0.39, 0.29) is 0 Å². The van der Waals surface area contributed by atoms with Gasteiger partial charge in [0.05, 0.1) is 0 Å². The van der Waals surface area contributed by atoms with Gasteiger partial charge in [-0.1, -0.05) is 17.7 Å². The summed E-state index contributed by atoms with van der Waals surface area (Å²) < 4.78 is 0. The van der Waals surface area contributed by atoms with E-state index < -0.39 is 0 Å². The third-order valence-electron chi connectivity index (χ3n) is 1.64. The third kappa shape index (κ3) is 4.43. The van der Waals surface area contributed by atoms with Crippen molar-refractivity contribution in [2.45, 2.75) is 20.8 Å². The first-order valence-electron chi connectivity index (χ1n) is 3.74. The summed E-state index contributed by atoms with van der Waals surface area (Å²) in [5, 5.41) is 0. The highest BCUT2D eigenvalue weighted by molar-refractivity contribution is 5.20. The Hall–Kier alpha value is -0.980. The molecule has 11 heavy (non-hydrogen) atoms. The van der Waals surface area contributed by atoms with Crippen molar-refractivity contribution in [2.75, 3.05) is 7.05 Å². The molecule has 62 valence electrons. The second-order valence-corrected chi connectivity index (χ2v) is 2.85. The molecule has 0 N–H and O–H groups in total. The zero-order chi connectivity index (χ0) is 8.85. The number of hydrogen-bond donors (Lipinski definition) is 0. The van der Waals surface area contributed by atoms with E-state index >= 15 is 0 Å². The maximum absolute atomic E-state index is 3.64. The third-order valence-corrected chi connectivity index (χ3v) is 1.64. The molecular weight excluding hydrogens is 134 g/mol. The summed E-state index contributed by atoms with van der Waals surface area (Å²) in [5.41, 5.74) is 2.65. The lowest BCUT2D eigenvalue weighted by Crippen LogP contribution is -1.98. The van der Waals surface area contributed by atoms with E-state index in [0.29, 0.717) is 0 Å². The standard InChI is InChI=1S/C10H17N/c1-6-11(5)8-7-10(4)9(2)3/h6-8H,1H2,2-5H3/b8-7-. The van der Waals surface area contributed by atoms with Crippen LogP contribution in [0.4, 0.5) is 0 Å².